The van der Waals surface area contributed by atoms with E-state index in [1.165, 1.54) is 13.2 Å². The Morgan fingerprint density at radius 2 is 2.15 bits per heavy atom. The highest BCUT2D eigenvalue weighted by Gasteiger charge is 2.13. The Bertz CT molecular complexity index is 589. The zero-order valence-electron chi connectivity index (χ0n) is 11.6. The topological polar surface area (TPSA) is 60.2 Å². The number of aryl methyl sites for hydroxylation is 1. The molecule has 1 aromatic heterocycles. The summed E-state index contributed by atoms with van der Waals surface area (Å²) in [5.41, 5.74) is 5.31. The van der Waals surface area contributed by atoms with E-state index in [-0.39, 0.29) is 17.6 Å². The van der Waals surface area contributed by atoms with E-state index in [1.807, 2.05) is 31.2 Å². The zero-order valence-corrected chi connectivity index (χ0v) is 11.6. The number of nitrogens with two attached hydrogens (primary N) is 1. The van der Waals surface area contributed by atoms with E-state index in [9.17, 15) is 4.39 Å². The molecule has 106 valence electrons. The Hall–Kier alpha value is -1.98. The van der Waals surface area contributed by atoms with Gasteiger partial charge in [-0.15, -0.1) is 0 Å². The van der Waals surface area contributed by atoms with E-state index < -0.39 is 0 Å². The van der Waals surface area contributed by atoms with E-state index in [0.29, 0.717) is 6.42 Å². The Kier molecular flexibility index (Phi) is 4.65. The van der Waals surface area contributed by atoms with Crippen LogP contribution in [0.1, 0.15) is 23.0 Å². The average Bonchev–Trinajstić information content (AvgIpc) is 2.45. The standard InChI is InChI=1S/C15H18FN3O/c1-10-4-3-5-13(18-10)14(19-17)9-11-6-7-15(20-2)12(16)8-11/h3-8,14,19H,9,17H2,1-2H3. The highest BCUT2D eigenvalue weighted by Crippen LogP contribution is 2.21. The molecule has 2 rings (SSSR count). The molecule has 1 aromatic carbocycles. The molecule has 0 aliphatic carbocycles. The predicted octanol–water partition coefficient (Wildman–Crippen LogP) is 2.28. The molecule has 0 saturated heterocycles. The van der Waals surface area contributed by atoms with Crippen LogP contribution in [0.4, 0.5) is 4.39 Å². The third-order valence-corrected chi connectivity index (χ3v) is 3.12. The number of rotatable bonds is 5. The van der Waals surface area contributed by atoms with Crippen molar-refractivity contribution in [2.75, 3.05) is 7.11 Å². The van der Waals surface area contributed by atoms with Crippen molar-refractivity contribution in [3.05, 3.63) is 59.2 Å². The molecule has 20 heavy (non-hydrogen) atoms. The van der Waals surface area contributed by atoms with Crippen LogP contribution >= 0.6 is 0 Å². The van der Waals surface area contributed by atoms with E-state index in [2.05, 4.69) is 10.4 Å². The van der Waals surface area contributed by atoms with Crippen LogP contribution in [0.25, 0.3) is 0 Å². The van der Waals surface area contributed by atoms with Crippen LogP contribution in [-0.2, 0) is 6.42 Å². The van der Waals surface area contributed by atoms with E-state index in [0.717, 1.165) is 17.0 Å². The first-order chi connectivity index (χ1) is 9.63. The molecule has 0 saturated carbocycles. The largest absolute Gasteiger partial charge is 0.494 e. The number of ether oxygens (including phenoxy) is 1. The summed E-state index contributed by atoms with van der Waals surface area (Å²) in [4.78, 5) is 4.44. The normalized spacial score (nSPS) is 12.2. The number of benzene rings is 1. The van der Waals surface area contributed by atoms with Gasteiger partial charge in [-0.1, -0.05) is 12.1 Å². The molecule has 0 radical (unpaired) electrons. The number of halogens is 1. The van der Waals surface area contributed by atoms with Gasteiger partial charge < -0.3 is 4.74 Å². The molecule has 3 N–H and O–H groups in total. The van der Waals surface area contributed by atoms with Crippen molar-refractivity contribution >= 4 is 0 Å². The summed E-state index contributed by atoms with van der Waals surface area (Å²) in [7, 11) is 1.44. The van der Waals surface area contributed by atoms with Crippen molar-refractivity contribution < 1.29 is 9.13 Å². The summed E-state index contributed by atoms with van der Waals surface area (Å²) in [5, 5.41) is 0. The summed E-state index contributed by atoms with van der Waals surface area (Å²) in [6.45, 7) is 1.92. The second kappa shape index (κ2) is 6.45. The van der Waals surface area contributed by atoms with Crippen LogP contribution < -0.4 is 16.0 Å². The number of nitrogens with zero attached hydrogens (tertiary/aromatic N) is 1. The number of pyridine rings is 1. The van der Waals surface area contributed by atoms with Crippen LogP contribution in [-0.4, -0.2) is 12.1 Å². The fraction of sp³-hybridized carbons (Fsp3) is 0.267. The van der Waals surface area contributed by atoms with Crippen LogP contribution in [0.3, 0.4) is 0 Å². The smallest absolute Gasteiger partial charge is 0.165 e. The second-order valence-corrected chi connectivity index (χ2v) is 4.60. The van der Waals surface area contributed by atoms with E-state index in [4.69, 9.17) is 10.6 Å². The summed E-state index contributed by atoms with van der Waals surface area (Å²) in [6, 6.07) is 10.5. The third kappa shape index (κ3) is 3.31. The van der Waals surface area contributed by atoms with Gasteiger partial charge in [0.25, 0.3) is 0 Å². The average molecular weight is 275 g/mol. The van der Waals surface area contributed by atoms with Gasteiger partial charge in [0.2, 0.25) is 0 Å². The van der Waals surface area contributed by atoms with Gasteiger partial charge >= 0.3 is 0 Å². The first-order valence-electron chi connectivity index (χ1n) is 6.36. The summed E-state index contributed by atoms with van der Waals surface area (Å²) in [6.07, 6.45) is 0.549. The van der Waals surface area contributed by atoms with Gasteiger partial charge in [-0.25, -0.2) is 4.39 Å². The molecule has 0 fully saturated rings. The quantitative estimate of drug-likeness (QED) is 0.649. The maximum absolute atomic E-state index is 13.7. The molecule has 0 aliphatic rings. The van der Waals surface area contributed by atoms with Gasteiger partial charge in [-0.3, -0.25) is 16.3 Å². The van der Waals surface area contributed by atoms with E-state index in [1.54, 1.807) is 6.07 Å². The van der Waals surface area contributed by atoms with Gasteiger partial charge in [0, 0.05) is 5.69 Å². The molecular weight excluding hydrogens is 257 g/mol. The second-order valence-electron chi connectivity index (χ2n) is 4.60. The Morgan fingerprint density at radius 1 is 1.35 bits per heavy atom. The lowest BCUT2D eigenvalue weighted by molar-refractivity contribution is 0.386. The molecule has 0 amide bonds. The minimum atomic E-state index is -0.377. The lowest BCUT2D eigenvalue weighted by Gasteiger charge is -2.16. The van der Waals surface area contributed by atoms with Crippen molar-refractivity contribution in [2.45, 2.75) is 19.4 Å². The van der Waals surface area contributed by atoms with Crippen molar-refractivity contribution in [3.63, 3.8) is 0 Å². The lowest BCUT2D eigenvalue weighted by Crippen LogP contribution is -2.30. The molecule has 1 atom stereocenters. The summed E-state index contributed by atoms with van der Waals surface area (Å²) >= 11 is 0. The zero-order chi connectivity index (χ0) is 14.5. The number of methoxy groups -OCH3 is 1. The fourth-order valence-electron chi connectivity index (χ4n) is 2.08. The van der Waals surface area contributed by atoms with Crippen molar-refractivity contribution in [1.82, 2.24) is 10.4 Å². The molecule has 5 heteroatoms. The number of hydrogen-bond acceptors (Lipinski definition) is 4. The molecule has 4 nitrogen and oxygen atoms in total. The minimum absolute atomic E-state index is 0.164. The molecule has 0 aliphatic heterocycles. The summed E-state index contributed by atoms with van der Waals surface area (Å²) in [5.74, 6) is 5.45. The van der Waals surface area contributed by atoms with Crippen molar-refractivity contribution in [1.29, 1.82) is 0 Å². The number of hydrazine groups is 1. The maximum atomic E-state index is 13.7. The SMILES string of the molecule is COc1ccc(CC(NN)c2cccc(C)n2)cc1F. The van der Waals surface area contributed by atoms with Crippen molar-refractivity contribution in [3.8, 4) is 5.75 Å². The van der Waals surface area contributed by atoms with Gasteiger partial charge in [0.1, 0.15) is 0 Å². The first kappa shape index (κ1) is 14.4. The Balaban J connectivity index is 2.20. The van der Waals surface area contributed by atoms with Crippen LogP contribution in [0.5, 0.6) is 5.75 Å². The summed E-state index contributed by atoms with van der Waals surface area (Å²) < 4.78 is 18.6. The highest BCUT2D eigenvalue weighted by atomic mass is 19.1. The van der Waals surface area contributed by atoms with Crippen LogP contribution in [0, 0.1) is 12.7 Å². The van der Waals surface area contributed by atoms with Crippen molar-refractivity contribution in [2.24, 2.45) is 5.84 Å². The minimum Gasteiger partial charge on any atom is -0.494 e. The first-order valence-corrected chi connectivity index (χ1v) is 6.36. The Morgan fingerprint density at radius 3 is 2.75 bits per heavy atom. The highest BCUT2D eigenvalue weighted by molar-refractivity contribution is 5.30. The molecule has 0 bridgehead atoms. The Labute approximate surface area is 117 Å². The molecule has 1 heterocycles. The monoisotopic (exact) mass is 275 g/mol. The van der Waals surface area contributed by atoms with Gasteiger partial charge in [-0.05, 0) is 43.2 Å². The number of nitrogens with one attached hydrogen (secondary N) is 1. The molecular formula is C15H18FN3O. The third-order valence-electron chi connectivity index (χ3n) is 3.12. The predicted molar refractivity (Wildman–Crippen MR) is 75.7 cm³/mol. The van der Waals surface area contributed by atoms with E-state index >= 15 is 0 Å². The molecule has 0 spiro atoms. The van der Waals surface area contributed by atoms with Crippen LogP contribution in [0.2, 0.25) is 0 Å². The molecule has 1 unspecified atom stereocenters. The van der Waals surface area contributed by atoms with Gasteiger partial charge in [-0.2, -0.15) is 0 Å². The maximum Gasteiger partial charge on any atom is 0.165 e. The van der Waals surface area contributed by atoms with Gasteiger partial charge in [0.05, 0.1) is 18.8 Å². The molecule has 2 aromatic rings. The number of aromatic nitrogens is 1. The van der Waals surface area contributed by atoms with Crippen LogP contribution in [0.15, 0.2) is 36.4 Å². The lowest BCUT2D eigenvalue weighted by atomic mass is 10.0. The fourth-order valence-corrected chi connectivity index (χ4v) is 2.08. The van der Waals surface area contributed by atoms with Gasteiger partial charge in [0.15, 0.2) is 11.6 Å². The number of hydrogen-bond donors (Lipinski definition) is 2.